The summed E-state index contributed by atoms with van der Waals surface area (Å²) in [7, 11) is 0. The molecule has 10 nitrogen and oxygen atoms in total. The number of carbonyl (C=O) groups excluding carboxylic acids is 3. The maximum absolute atomic E-state index is 12.7. The highest BCUT2D eigenvalue weighted by Gasteiger charge is 2.54. The summed E-state index contributed by atoms with van der Waals surface area (Å²) in [6, 6.07) is -0.0787. The zero-order valence-electron chi connectivity index (χ0n) is 17.1. The highest BCUT2D eigenvalue weighted by Crippen LogP contribution is 2.30. The van der Waals surface area contributed by atoms with E-state index in [-0.39, 0.29) is 24.5 Å². The normalized spacial score (nSPS) is 19.8. The number of benzene rings is 1. The Kier molecular flexibility index (Phi) is 7.40. The molecule has 0 radical (unpaired) electrons. The minimum atomic E-state index is -1.36. The third kappa shape index (κ3) is 5.26. The van der Waals surface area contributed by atoms with Crippen LogP contribution >= 0.6 is 0 Å². The van der Waals surface area contributed by atoms with E-state index in [2.05, 4.69) is 10.6 Å². The number of nitrogens with one attached hydrogen (secondary N) is 2. The minimum absolute atomic E-state index is 0.0111. The van der Waals surface area contributed by atoms with Crippen molar-refractivity contribution in [1.82, 2.24) is 10.6 Å². The van der Waals surface area contributed by atoms with Crippen molar-refractivity contribution >= 4 is 17.6 Å². The van der Waals surface area contributed by atoms with Gasteiger partial charge in [0.1, 0.15) is 6.04 Å². The lowest BCUT2D eigenvalue weighted by molar-refractivity contribution is -0.133. The molecule has 2 unspecified atom stereocenters. The van der Waals surface area contributed by atoms with Crippen molar-refractivity contribution in [1.29, 1.82) is 0 Å². The number of rotatable bonds is 10. The van der Waals surface area contributed by atoms with Gasteiger partial charge in [-0.25, -0.2) is 0 Å². The summed E-state index contributed by atoms with van der Waals surface area (Å²) in [6.07, 6.45) is 0.284. The zero-order chi connectivity index (χ0) is 22.6. The molecule has 0 aliphatic carbocycles. The van der Waals surface area contributed by atoms with E-state index in [9.17, 15) is 34.8 Å². The first-order valence-corrected chi connectivity index (χ1v) is 9.58. The second-order valence-corrected chi connectivity index (χ2v) is 7.86. The lowest BCUT2D eigenvalue weighted by Gasteiger charge is -2.24. The van der Waals surface area contributed by atoms with Gasteiger partial charge in [-0.2, -0.15) is 0 Å². The number of epoxide rings is 1. The number of ketones is 1. The molecule has 30 heavy (non-hydrogen) atoms. The summed E-state index contributed by atoms with van der Waals surface area (Å²) >= 11 is 0. The summed E-state index contributed by atoms with van der Waals surface area (Å²) < 4.78 is 5.08. The van der Waals surface area contributed by atoms with Crippen LogP contribution < -0.4 is 10.6 Å². The Hall–Kier alpha value is -2.69. The molecule has 0 saturated carbocycles. The topological polar surface area (TPSA) is 169 Å². The van der Waals surface area contributed by atoms with Gasteiger partial charge < -0.3 is 35.8 Å². The summed E-state index contributed by atoms with van der Waals surface area (Å²) in [6.45, 7) is 4.08. The Morgan fingerprint density at radius 1 is 1.10 bits per heavy atom. The van der Waals surface area contributed by atoms with E-state index in [1.54, 1.807) is 0 Å². The summed E-state index contributed by atoms with van der Waals surface area (Å²) in [5.41, 5.74) is -0.952. The van der Waals surface area contributed by atoms with Crippen molar-refractivity contribution in [2.45, 2.75) is 44.9 Å². The molecule has 10 heteroatoms. The van der Waals surface area contributed by atoms with Crippen LogP contribution in [-0.4, -0.2) is 75.5 Å². The van der Waals surface area contributed by atoms with Gasteiger partial charge in [-0.3, -0.25) is 14.4 Å². The Balaban J connectivity index is 2.13. The van der Waals surface area contributed by atoms with E-state index in [4.69, 9.17) is 4.74 Å². The highest BCUT2D eigenvalue weighted by atomic mass is 16.6. The van der Waals surface area contributed by atoms with Gasteiger partial charge >= 0.3 is 0 Å². The number of amides is 2. The van der Waals surface area contributed by atoms with E-state index < -0.39 is 60.0 Å². The van der Waals surface area contributed by atoms with E-state index in [0.29, 0.717) is 5.56 Å². The van der Waals surface area contributed by atoms with Crippen LogP contribution in [0.15, 0.2) is 12.1 Å². The van der Waals surface area contributed by atoms with Crippen LogP contribution in [0.1, 0.15) is 36.2 Å². The van der Waals surface area contributed by atoms with Gasteiger partial charge in [0.2, 0.25) is 5.91 Å². The molecule has 166 valence electrons. The van der Waals surface area contributed by atoms with Crippen LogP contribution in [0.25, 0.3) is 0 Å². The number of hydrogen-bond donors (Lipinski definition) is 6. The molecule has 6 N–H and O–H groups in total. The van der Waals surface area contributed by atoms with Crippen LogP contribution in [0.5, 0.6) is 11.5 Å². The van der Waals surface area contributed by atoms with Crippen LogP contribution in [0.3, 0.4) is 0 Å². The van der Waals surface area contributed by atoms with Crippen molar-refractivity contribution in [3.8, 4) is 11.5 Å². The van der Waals surface area contributed by atoms with Crippen LogP contribution in [0.4, 0.5) is 0 Å². The summed E-state index contributed by atoms with van der Waals surface area (Å²) in [5.74, 6) is -2.85. The number of aromatic hydroxyl groups is 2. The number of ether oxygens (including phenoxy) is 1. The Bertz CT molecular complexity index is 819. The molecule has 0 bridgehead atoms. The van der Waals surface area contributed by atoms with Crippen LogP contribution in [0, 0.1) is 12.8 Å². The average Bonchev–Trinajstić information content (AvgIpc) is 3.48. The smallest absolute Gasteiger partial charge is 0.252 e. The standard InChI is InChI=1S/C20H28N2O8/c1-10(2)4-13(17(27)20(8-24)9-30-20)21-19(29)14(7-23)22-18(28)12-6-16(26)15(25)5-11(12)3/h5-6,10,13-14,23-26H,4,7-9H2,1-3H3,(H,21,29)(H,22,28)/t13?,14-,20?/m0/s1. The molecular weight excluding hydrogens is 396 g/mol. The first kappa shape index (κ1) is 23.6. The lowest BCUT2D eigenvalue weighted by Crippen LogP contribution is -2.55. The van der Waals surface area contributed by atoms with E-state index in [1.807, 2.05) is 13.8 Å². The van der Waals surface area contributed by atoms with E-state index in [0.717, 1.165) is 6.07 Å². The molecule has 1 aliphatic rings. The molecular formula is C20H28N2O8. The van der Waals surface area contributed by atoms with Gasteiger partial charge in [0.15, 0.2) is 22.9 Å². The van der Waals surface area contributed by atoms with Crippen molar-refractivity contribution in [3.05, 3.63) is 23.3 Å². The van der Waals surface area contributed by atoms with Gasteiger partial charge in [0.05, 0.1) is 25.9 Å². The number of aryl methyl sites for hydroxylation is 1. The Labute approximate surface area is 173 Å². The van der Waals surface area contributed by atoms with Crippen molar-refractivity contribution in [2.75, 3.05) is 19.8 Å². The first-order chi connectivity index (χ1) is 14.0. The third-order valence-corrected chi connectivity index (χ3v) is 4.91. The maximum Gasteiger partial charge on any atom is 0.252 e. The zero-order valence-corrected chi connectivity index (χ0v) is 17.1. The second-order valence-electron chi connectivity index (χ2n) is 7.86. The molecule has 1 aromatic carbocycles. The SMILES string of the molecule is Cc1cc(O)c(O)cc1C(=O)N[C@@H](CO)C(=O)NC(CC(C)C)C(=O)C1(CO)CO1. The van der Waals surface area contributed by atoms with Gasteiger partial charge in [-0.05, 0) is 37.0 Å². The Morgan fingerprint density at radius 3 is 2.20 bits per heavy atom. The molecule has 0 spiro atoms. The monoisotopic (exact) mass is 424 g/mol. The first-order valence-electron chi connectivity index (χ1n) is 9.58. The predicted octanol–water partition coefficient (Wildman–Crippen LogP) is -0.642. The fraction of sp³-hybridized carbons (Fsp3) is 0.550. The van der Waals surface area contributed by atoms with E-state index in [1.165, 1.54) is 13.0 Å². The molecule has 1 aromatic rings. The third-order valence-electron chi connectivity index (χ3n) is 4.91. The largest absolute Gasteiger partial charge is 0.504 e. The number of phenolic OH excluding ortho intramolecular Hbond substituents is 2. The molecule has 1 aliphatic heterocycles. The molecule has 2 rings (SSSR count). The molecule has 3 atom stereocenters. The fourth-order valence-electron chi connectivity index (χ4n) is 3.05. The number of aliphatic hydroxyl groups is 2. The molecule has 1 fully saturated rings. The number of carbonyl (C=O) groups is 3. The fourth-order valence-corrected chi connectivity index (χ4v) is 3.05. The quantitative estimate of drug-likeness (QED) is 0.213. The van der Waals surface area contributed by atoms with Crippen molar-refractivity contribution in [3.63, 3.8) is 0 Å². The predicted molar refractivity (Wildman–Crippen MR) is 105 cm³/mol. The number of aliphatic hydroxyl groups excluding tert-OH is 2. The van der Waals surface area contributed by atoms with Crippen LogP contribution in [0.2, 0.25) is 0 Å². The van der Waals surface area contributed by atoms with Crippen LogP contribution in [-0.2, 0) is 14.3 Å². The average molecular weight is 424 g/mol. The molecule has 1 saturated heterocycles. The van der Waals surface area contributed by atoms with Gasteiger partial charge in [0, 0.05) is 5.56 Å². The van der Waals surface area contributed by atoms with Gasteiger partial charge in [-0.1, -0.05) is 13.8 Å². The molecule has 2 amide bonds. The molecule has 0 aromatic heterocycles. The highest BCUT2D eigenvalue weighted by molar-refractivity contribution is 6.01. The lowest BCUT2D eigenvalue weighted by atomic mass is 9.92. The van der Waals surface area contributed by atoms with Crippen molar-refractivity contribution < 1.29 is 39.5 Å². The maximum atomic E-state index is 12.7. The number of phenols is 2. The summed E-state index contributed by atoms with van der Waals surface area (Å²) in [5, 5.41) is 43.0. The number of Topliss-reactive ketones (excluding diaryl/α,β-unsaturated/α-hetero) is 1. The molecule has 1 heterocycles. The summed E-state index contributed by atoms with van der Waals surface area (Å²) in [4.78, 5) is 37.8. The van der Waals surface area contributed by atoms with Crippen molar-refractivity contribution in [2.24, 2.45) is 5.92 Å². The second kappa shape index (κ2) is 9.41. The van der Waals surface area contributed by atoms with Gasteiger partial charge in [-0.15, -0.1) is 0 Å². The number of hydrogen-bond acceptors (Lipinski definition) is 8. The Morgan fingerprint density at radius 2 is 1.70 bits per heavy atom. The van der Waals surface area contributed by atoms with E-state index >= 15 is 0 Å². The van der Waals surface area contributed by atoms with Gasteiger partial charge in [0.25, 0.3) is 5.91 Å². The minimum Gasteiger partial charge on any atom is -0.504 e.